The summed E-state index contributed by atoms with van der Waals surface area (Å²) in [6.07, 6.45) is 0. The molecule has 3 aromatic rings. The van der Waals surface area contributed by atoms with E-state index in [4.69, 9.17) is 20.2 Å². The molecule has 0 saturated heterocycles. The van der Waals surface area contributed by atoms with E-state index in [0.29, 0.717) is 0 Å². The molecule has 92 valence electrons. The summed E-state index contributed by atoms with van der Waals surface area (Å²) in [6.45, 7) is 0. The Bertz CT molecular complexity index is 599. The highest BCUT2D eigenvalue weighted by molar-refractivity contribution is 7.40. The van der Waals surface area contributed by atoms with E-state index in [1.807, 2.05) is 48.5 Å². The van der Waals surface area contributed by atoms with Gasteiger partial charge in [0.05, 0.1) is 0 Å². The van der Waals surface area contributed by atoms with Crippen LogP contribution in [0.1, 0.15) is 16.8 Å². The zero-order chi connectivity index (χ0) is 12.5. The summed E-state index contributed by atoms with van der Waals surface area (Å²) in [7, 11) is -0.902. The van der Waals surface area contributed by atoms with Gasteiger partial charge >= 0.3 is 8.01 Å². The monoisotopic (exact) mass is 260 g/mol. The lowest BCUT2D eigenvalue weighted by molar-refractivity contribution is 0.264. The molecule has 0 aliphatic carbocycles. The number of anilines is 2. The van der Waals surface area contributed by atoms with Crippen molar-refractivity contribution in [3.8, 4) is 0 Å². The molecule has 0 bridgehead atoms. The van der Waals surface area contributed by atoms with Gasteiger partial charge in [-0.05, 0) is 35.4 Å². The van der Waals surface area contributed by atoms with Gasteiger partial charge in [-0.25, -0.2) is 8.71 Å². The molecule has 3 rings (SSSR count). The fourth-order valence-electron chi connectivity index (χ4n) is 2.00. The molecule has 5 heteroatoms. The van der Waals surface area contributed by atoms with Crippen LogP contribution in [0.25, 0.3) is 0 Å². The van der Waals surface area contributed by atoms with E-state index >= 15 is 0 Å². The molecule has 18 heavy (non-hydrogen) atoms. The van der Waals surface area contributed by atoms with Gasteiger partial charge in [-0.2, -0.15) is 0 Å². The second-order valence-corrected chi connectivity index (χ2v) is 5.56. The van der Waals surface area contributed by atoms with Gasteiger partial charge in [0.15, 0.2) is 0 Å². The number of nitrogen functional groups attached to an aromatic ring is 2. The lowest BCUT2D eigenvalue weighted by atomic mass is 10.0. The average molecular weight is 260 g/mol. The number of rotatable bonds is 3. The zero-order valence-electron chi connectivity index (χ0n) is 9.61. The summed E-state index contributed by atoms with van der Waals surface area (Å²) in [5.74, 6) is 0. The Hall–Kier alpha value is -2.06. The molecule has 0 fully saturated rings. The molecule has 4 N–H and O–H groups in total. The topological polar surface area (TPSA) is 78.3 Å². The van der Waals surface area contributed by atoms with Crippen LogP contribution in [0, 0.1) is 0 Å². The Balaban J connectivity index is 2.07. The van der Waals surface area contributed by atoms with Crippen LogP contribution in [0.4, 0.5) is 11.4 Å². The Labute approximate surface area is 105 Å². The van der Waals surface area contributed by atoms with Gasteiger partial charge in [0.2, 0.25) is 0 Å². The van der Waals surface area contributed by atoms with Gasteiger partial charge in [0, 0.05) is 11.4 Å². The maximum atomic E-state index is 5.83. The molecule has 0 aliphatic rings. The van der Waals surface area contributed by atoms with Gasteiger partial charge in [-0.3, -0.25) is 0 Å². The van der Waals surface area contributed by atoms with Crippen LogP contribution in [-0.4, -0.2) is 0 Å². The highest BCUT2D eigenvalue weighted by Crippen LogP contribution is 2.54. The minimum absolute atomic E-state index is 0.0620. The molecule has 0 atom stereocenters. The van der Waals surface area contributed by atoms with Gasteiger partial charge < -0.3 is 11.5 Å². The molecule has 2 aromatic carbocycles. The quantitative estimate of drug-likeness (QED) is 0.556. The Morgan fingerprint density at radius 2 is 1.33 bits per heavy atom. The summed E-state index contributed by atoms with van der Waals surface area (Å²) >= 11 is 0. The normalized spacial score (nSPS) is 11.2. The second kappa shape index (κ2) is 4.31. The van der Waals surface area contributed by atoms with Crippen molar-refractivity contribution < 1.29 is 8.71 Å². The van der Waals surface area contributed by atoms with E-state index in [0.717, 1.165) is 22.5 Å². The van der Waals surface area contributed by atoms with E-state index in [2.05, 4.69) is 0 Å². The summed E-state index contributed by atoms with van der Waals surface area (Å²) in [6, 6.07) is 15.5. The molecule has 0 amide bonds. The molecular weight excluding hydrogens is 247 g/mol. The van der Waals surface area contributed by atoms with Gasteiger partial charge in [-0.1, -0.05) is 24.3 Å². The predicted molar refractivity (Wildman–Crippen MR) is 72.6 cm³/mol. The molecule has 0 aliphatic heterocycles. The third kappa shape index (κ3) is 2.15. The molecular formula is C13H13N2O2P. The third-order valence-corrected chi connectivity index (χ3v) is 4.16. The van der Waals surface area contributed by atoms with Gasteiger partial charge in [-0.15, -0.1) is 0 Å². The van der Waals surface area contributed by atoms with Crippen molar-refractivity contribution in [2.45, 2.75) is 5.66 Å². The first-order valence-electron chi connectivity index (χ1n) is 5.59. The van der Waals surface area contributed by atoms with Crippen LogP contribution in [0.3, 0.4) is 0 Å². The predicted octanol–water partition coefficient (Wildman–Crippen LogP) is 3.66. The molecule has 0 saturated carbocycles. The third-order valence-electron chi connectivity index (χ3n) is 2.82. The number of hydrogen-bond acceptors (Lipinski definition) is 4. The zero-order valence-corrected chi connectivity index (χ0v) is 10.5. The van der Waals surface area contributed by atoms with Crippen molar-refractivity contribution >= 4 is 19.4 Å². The first-order valence-corrected chi connectivity index (χ1v) is 6.83. The number of hydrogen-bond donors (Lipinski definition) is 2. The van der Waals surface area contributed by atoms with Crippen LogP contribution in [0.15, 0.2) is 57.2 Å². The standard InChI is InChI=1S/C13H13N2O2P/c14-11-5-1-3-9(7-11)13(18-16-17-18)10-4-2-6-12(15)8-10/h1-8,13H,14-15H2. The number of benzene rings is 2. The van der Waals surface area contributed by atoms with Crippen molar-refractivity contribution in [2.75, 3.05) is 11.5 Å². The van der Waals surface area contributed by atoms with Crippen molar-refractivity contribution in [1.29, 1.82) is 0 Å². The van der Waals surface area contributed by atoms with Crippen LogP contribution in [0.2, 0.25) is 0 Å². The summed E-state index contributed by atoms with van der Waals surface area (Å²) in [4.78, 5) is 0. The first kappa shape index (κ1) is 11.1. The fourth-order valence-corrected chi connectivity index (χ4v) is 3.13. The molecule has 1 heterocycles. The molecule has 0 spiro atoms. The van der Waals surface area contributed by atoms with Crippen molar-refractivity contribution in [3.05, 3.63) is 59.7 Å². The summed E-state index contributed by atoms with van der Waals surface area (Å²) in [5, 5.41) is 0. The van der Waals surface area contributed by atoms with Crippen molar-refractivity contribution in [1.82, 2.24) is 0 Å². The highest BCUT2D eigenvalue weighted by atomic mass is 31.1. The van der Waals surface area contributed by atoms with E-state index in [9.17, 15) is 0 Å². The maximum Gasteiger partial charge on any atom is 0.327 e. The second-order valence-electron chi connectivity index (χ2n) is 4.18. The largest absolute Gasteiger partial charge is 0.399 e. The molecule has 0 radical (unpaired) electrons. The minimum atomic E-state index is -0.902. The lowest BCUT2D eigenvalue weighted by Crippen LogP contribution is -1.97. The van der Waals surface area contributed by atoms with Crippen LogP contribution in [-0.2, 0) is 0 Å². The summed E-state index contributed by atoms with van der Waals surface area (Å²) < 4.78 is 10.1. The molecule has 4 nitrogen and oxygen atoms in total. The van der Waals surface area contributed by atoms with E-state index < -0.39 is 8.01 Å². The van der Waals surface area contributed by atoms with E-state index in [1.54, 1.807) is 0 Å². The van der Waals surface area contributed by atoms with Crippen molar-refractivity contribution in [2.24, 2.45) is 0 Å². The van der Waals surface area contributed by atoms with E-state index in [-0.39, 0.29) is 5.66 Å². The Morgan fingerprint density at radius 1 is 0.833 bits per heavy atom. The SMILES string of the molecule is Nc1cccc(C(c2cccc(N)c2)p2oo2)c1. The smallest absolute Gasteiger partial charge is 0.327 e. The van der Waals surface area contributed by atoms with Crippen LogP contribution >= 0.6 is 8.01 Å². The van der Waals surface area contributed by atoms with Crippen LogP contribution in [0.5, 0.6) is 0 Å². The van der Waals surface area contributed by atoms with E-state index in [1.165, 1.54) is 0 Å². The number of nitrogens with two attached hydrogens (primary N) is 2. The van der Waals surface area contributed by atoms with Crippen molar-refractivity contribution in [3.63, 3.8) is 0 Å². The minimum Gasteiger partial charge on any atom is -0.399 e. The Morgan fingerprint density at radius 3 is 1.72 bits per heavy atom. The fraction of sp³-hybridized carbons (Fsp3) is 0.0769. The molecule has 0 unspecified atom stereocenters. The first-order chi connectivity index (χ1) is 8.74. The lowest BCUT2D eigenvalue weighted by Gasteiger charge is -2.10. The summed E-state index contributed by atoms with van der Waals surface area (Å²) in [5.41, 5.74) is 15.4. The molecule has 1 aromatic heterocycles. The van der Waals surface area contributed by atoms with Crippen LogP contribution < -0.4 is 11.5 Å². The van der Waals surface area contributed by atoms with Gasteiger partial charge in [0.1, 0.15) is 5.66 Å². The highest BCUT2D eigenvalue weighted by Gasteiger charge is 2.27. The van der Waals surface area contributed by atoms with Gasteiger partial charge in [0.25, 0.3) is 0 Å². The Kier molecular flexibility index (Phi) is 2.65. The average Bonchev–Trinajstić information content (AvgIpc) is 3.14. The maximum absolute atomic E-state index is 5.83.